The number of nitrogens with one attached hydrogen (secondary N) is 2. The zero-order valence-electron chi connectivity index (χ0n) is 18.0. The van der Waals surface area contributed by atoms with Gasteiger partial charge in [0.2, 0.25) is 5.91 Å². The van der Waals surface area contributed by atoms with Crippen LogP contribution in [0.2, 0.25) is 0 Å². The lowest BCUT2D eigenvalue weighted by Crippen LogP contribution is -2.39. The molecule has 3 N–H and O–H groups in total. The van der Waals surface area contributed by atoms with Crippen LogP contribution in [0.3, 0.4) is 0 Å². The Morgan fingerprint density at radius 1 is 1.03 bits per heavy atom. The first-order valence-electron chi connectivity index (χ1n) is 10.5. The number of ether oxygens (including phenoxy) is 1. The standard InChI is InChI=1S/C25H25N3O4/c1-15-4-3-5-18(10-15)28-24(30)21-12-17-11-19(7-6-16(17)13-23(21)29)32-20-8-9-27-22(14-20)25(31)26-2/h3-11,14,21,23,29H,12-13H2,1-2H3,(H,26,31)(H,28,30). The van der Waals surface area contributed by atoms with Gasteiger partial charge in [0.25, 0.3) is 5.91 Å². The molecule has 7 nitrogen and oxygen atoms in total. The van der Waals surface area contributed by atoms with Gasteiger partial charge in [-0.15, -0.1) is 0 Å². The van der Waals surface area contributed by atoms with E-state index in [2.05, 4.69) is 15.6 Å². The molecule has 2 amide bonds. The predicted octanol–water partition coefficient (Wildman–Crippen LogP) is 3.26. The zero-order valence-corrected chi connectivity index (χ0v) is 18.0. The van der Waals surface area contributed by atoms with Crippen LogP contribution in [0.15, 0.2) is 60.8 Å². The number of carbonyl (C=O) groups excluding carboxylic acids is 2. The molecule has 1 aliphatic carbocycles. The van der Waals surface area contributed by atoms with Crippen LogP contribution in [0, 0.1) is 12.8 Å². The summed E-state index contributed by atoms with van der Waals surface area (Å²) in [7, 11) is 1.54. The number of anilines is 1. The smallest absolute Gasteiger partial charge is 0.269 e. The number of aliphatic hydroxyl groups is 1. The first-order chi connectivity index (χ1) is 15.4. The van der Waals surface area contributed by atoms with Crippen LogP contribution in [0.1, 0.15) is 27.2 Å². The number of aryl methyl sites for hydroxylation is 1. The van der Waals surface area contributed by atoms with Crippen molar-refractivity contribution >= 4 is 17.5 Å². The molecule has 2 aromatic carbocycles. The fourth-order valence-corrected chi connectivity index (χ4v) is 3.88. The Kier molecular flexibility index (Phi) is 6.18. The molecule has 2 atom stereocenters. The second kappa shape index (κ2) is 9.20. The van der Waals surface area contributed by atoms with E-state index in [4.69, 9.17) is 4.74 Å². The van der Waals surface area contributed by atoms with Crippen LogP contribution in [0.25, 0.3) is 0 Å². The Labute approximate surface area is 186 Å². The summed E-state index contributed by atoms with van der Waals surface area (Å²) in [6, 6.07) is 16.4. The van der Waals surface area contributed by atoms with E-state index in [1.54, 1.807) is 19.2 Å². The van der Waals surface area contributed by atoms with Gasteiger partial charge in [-0.05, 0) is 66.8 Å². The minimum absolute atomic E-state index is 0.204. The second-order valence-corrected chi connectivity index (χ2v) is 7.93. The Morgan fingerprint density at radius 3 is 2.62 bits per heavy atom. The highest BCUT2D eigenvalue weighted by molar-refractivity contribution is 5.93. The monoisotopic (exact) mass is 431 g/mol. The minimum atomic E-state index is -0.755. The molecule has 7 heteroatoms. The number of pyridine rings is 1. The lowest BCUT2D eigenvalue weighted by atomic mass is 9.81. The average molecular weight is 431 g/mol. The molecule has 3 aromatic rings. The minimum Gasteiger partial charge on any atom is -0.457 e. The van der Waals surface area contributed by atoms with Gasteiger partial charge in [-0.25, -0.2) is 0 Å². The van der Waals surface area contributed by atoms with Crippen molar-refractivity contribution in [3.05, 3.63) is 83.2 Å². The lowest BCUT2D eigenvalue weighted by Gasteiger charge is -2.29. The molecule has 0 fully saturated rings. The Bertz CT molecular complexity index is 1160. The van der Waals surface area contributed by atoms with Crippen molar-refractivity contribution in [2.24, 2.45) is 5.92 Å². The molecule has 0 saturated carbocycles. The summed E-state index contributed by atoms with van der Waals surface area (Å²) < 4.78 is 5.93. The Morgan fingerprint density at radius 2 is 1.84 bits per heavy atom. The predicted molar refractivity (Wildman–Crippen MR) is 121 cm³/mol. The highest BCUT2D eigenvalue weighted by Crippen LogP contribution is 2.31. The topological polar surface area (TPSA) is 101 Å². The number of hydrogen-bond donors (Lipinski definition) is 3. The maximum Gasteiger partial charge on any atom is 0.269 e. The van der Waals surface area contributed by atoms with Crippen molar-refractivity contribution in [3.8, 4) is 11.5 Å². The summed E-state index contributed by atoms with van der Waals surface area (Å²) in [6.45, 7) is 1.96. The van der Waals surface area contributed by atoms with Gasteiger partial charge >= 0.3 is 0 Å². The summed E-state index contributed by atoms with van der Waals surface area (Å²) in [4.78, 5) is 28.7. The summed E-state index contributed by atoms with van der Waals surface area (Å²) in [5, 5.41) is 16.0. The maximum atomic E-state index is 12.9. The average Bonchev–Trinajstić information content (AvgIpc) is 2.78. The van der Waals surface area contributed by atoms with Crippen LogP contribution in [-0.4, -0.2) is 35.1 Å². The van der Waals surface area contributed by atoms with Crippen LogP contribution in [0.4, 0.5) is 5.69 Å². The second-order valence-electron chi connectivity index (χ2n) is 7.93. The van der Waals surface area contributed by atoms with Gasteiger partial charge < -0.3 is 20.5 Å². The zero-order chi connectivity index (χ0) is 22.7. The van der Waals surface area contributed by atoms with Gasteiger partial charge in [0.1, 0.15) is 17.2 Å². The van der Waals surface area contributed by atoms with Crippen molar-refractivity contribution < 1.29 is 19.4 Å². The van der Waals surface area contributed by atoms with E-state index in [-0.39, 0.29) is 17.5 Å². The molecule has 0 saturated heterocycles. The van der Waals surface area contributed by atoms with Gasteiger partial charge in [-0.2, -0.15) is 0 Å². The largest absolute Gasteiger partial charge is 0.457 e. The number of aromatic nitrogens is 1. The third kappa shape index (κ3) is 4.78. The van der Waals surface area contributed by atoms with E-state index in [9.17, 15) is 14.7 Å². The van der Waals surface area contributed by atoms with Gasteiger partial charge in [0, 0.05) is 25.0 Å². The first kappa shape index (κ1) is 21.5. The number of carbonyl (C=O) groups is 2. The van der Waals surface area contributed by atoms with Gasteiger partial charge in [0.05, 0.1) is 12.0 Å². The maximum absolute atomic E-state index is 12.9. The molecule has 1 aliphatic rings. The summed E-state index contributed by atoms with van der Waals surface area (Å²) >= 11 is 0. The number of nitrogens with zero attached hydrogens (tertiary/aromatic N) is 1. The van der Waals surface area contributed by atoms with Gasteiger partial charge in [-0.3, -0.25) is 14.6 Å². The first-order valence-corrected chi connectivity index (χ1v) is 10.5. The molecule has 1 heterocycles. The summed E-state index contributed by atoms with van der Waals surface area (Å²) in [5.74, 6) is 0.0241. The number of fused-ring (bicyclic) bond motifs is 1. The Hall–Kier alpha value is -3.71. The molecule has 32 heavy (non-hydrogen) atoms. The molecule has 1 aromatic heterocycles. The van der Waals surface area contributed by atoms with Crippen molar-refractivity contribution in [2.45, 2.75) is 25.9 Å². The fraction of sp³-hybridized carbons (Fsp3) is 0.240. The summed E-state index contributed by atoms with van der Waals surface area (Å²) in [6.07, 6.45) is 1.57. The van der Waals surface area contributed by atoms with Crippen LogP contribution in [-0.2, 0) is 17.6 Å². The number of benzene rings is 2. The molecule has 0 radical (unpaired) electrons. The molecular weight excluding hydrogens is 406 g/mol. The normalized spacial score (nSPS) is 17.2. The number of amides is 2. The SMILES string of the molecule is CNC(=O)c1cc(Oc2ccc3c(c2)CC(C(=O)Nc2cccc(C)c2)C(O)C3)ccn1. The van der Waals surface area contributed by atoms with E-state index >= 15 is 0 Å². The van der Waals surface area contributed by atoms with E-state index < -0.39 is 12.0 Å². The van der Waals surface area contributed by atoms with E-state index in [0.29, 0.717) is 24.3 Å². The third-order valence-corrected chi connectivity index (χ3v) is 5.56. The highest BCUT2D eigenvalue weighted by atomic mass is 16.5. The number of aliphatic hydroxyl groups excluding tert-OH is 1. The van der Waals surface area contributed by atoms with Crippen molar-refractivity contribution in [2.75, 3.05) is 12.4 Å². The lowest BCUT2D eigenvalue weighted by molar-refractivity contribution is -0.123. The molecule has 2 unspecified atom stereocenters. The van der Waals surface area contributed by atoms with Crippen LogP contribution in [0.5, 0.6) is 11.5 Å². The van der Waals surface area contributed by atoms with Crippen molar-refractivity contribution in [1.29, 1.82) is 0 Å². The van der Waals surface area contributed by atoms with E-state index in [1.165, 1.54) is 6.20 Å². The van der Waals surface area contributed by atoms with Crippen molar-refractivity contribution in [3.63, 3.8) is 0 Å². The molecule has 0 aliphatic heterocycles. The molecule has 164 valence electrons. The van der Waals surface area contributed by atoms with Crippen molar-refractivity contribution in [1.82, 2.24) is 10.3 Å². The van der Waals surface area contributed by atoms with Gasteiger partial charge in [-0.1, -0.05) is 18.2 Å². The van der Waals surface area contributed by atoms with Gasteiger partial charge in [0.15, 0.2) is 0 Å². The van der Waals surface area contributed by atoms with E-state index in [1.807, 2.05) is 49.4 Å². The highest BCUT2D eigenvalue weighted by Gasteiger charge is 2.32. The third-order valence-electron chi connectivity index (χ3n) is 5.56. The molecular formula is C25H25N3O4. The molecule has 0 spiro atoms. The van der Waals surface area contributed by atoms with E-state index in [0.717, 1.165) is 22.4 Å². The van der Waals surface area contributed by atoms with Crippen LogP contribution >= 0.6 is 0 Å². The number of hydrogen-bond acceptors (Lipinski definition) is 5. The fourth-order valence-electron chi connectivity index (χ4n) is 3.88. The van der Waals surface area contributed by atoms with Crippen LogP contribution < -0.4 is 15.4 Å². The number of rotatable bonds is 5. The quantitative estimate of drug-likeness (QED) is 0.576. The molecule has 4 rings (SSSR count). The molecule has 0 bridgehead atoms. The summed E-state index contributed by atoms with van der Waals surface area (Å²) in [5.41, 5.74) is 3.98. The Balaban J connectivity index is 1.50.